The van der Waals surface area contributed by atoms with Gasteiger partial charge in [0.2, 0.25) is 0 Å². The van der Waals surface area contributed by atoms with Gasteiger partial charge >= 0.3 is 0 Å². The SMILES string of the molecule is c1ccc(N2c3cccc4c3[Si]3(c5ccccc5)c5c(ccc6c5N4c4ccccc4O6)N(c4ccccc4)c4c5c6c(c2c43)N(c2ccccc2)c2ccc3c4c2[Si]6(c2ccccc2)c2c(cccc2N4c2ccccc2O3)N5c2ccccc2)cc1. The van der Waals surface area contributed by atoms with Crippen LogP contribution in [0.4, 0.5) is 102 Å². The first-order chi connectivity index (χ1) is 43.7. The molecular formula is C78H48N6O2Si2. The van der Waals surface area contributed by atoms with Gasteiger partial charge in [0.05, 0.1) is 45.5 Å². The minimum Gasteiger partial charge on any atom is -0.453 e. The van der Waals surface area contributed by atoms with Crippen molar-refractivity contribution in [2.24, 2.45) is 0 Å². The van der Waals surface area contributed by atoms with Crippen molar-refractivity contribution in [2.75, 3.05) is 29.4 Å². The van der Waals surface area contributed by atoms with Crippen molar-refractivity contribution >= 4 is 160 Å². The Hall–Kier alpha value is -11.3. The third-order valence-electron chi connectivity index (χ3n) is 19.8. The fourth-order valence-corrected chi connectivity index (χ4v) is 28.6. The molecule has 410 valence electrons. The van der Waals surface area contributed by atoms with E-state index >= 15 is 0 Å². The smallest absolute Gasteiger partial charge is 0.194 e. The van der Waals surface area contributed by atoms with Crippen LogP contribution < -0.4 is 80.4 Å². The molecule has 0 bridgehead atoms. The maximum atomic E-state index is 7.30. The average Bonchev–Trinajstić information content (AvgIpc) is 0.631. The molecule has 2 atom stereocenters. The minimum absolute atomic E-state index is 0.833. The third kappa shape index (κ3) is 5.46. The van der Waals surface area contributed by atoms with Gasteiger partial charge in [0.25, 0.3) is 0 Å². The number of anilines is 18. The summed E-state index contributed by atoms with van der Waals surface area (Å²) in [7, 11) is -7.47. The predicted octanol–water partition coefficient (Wildman–Crippen LogP) is 15.4. The van der Waals surface area contributed by atoms with Crippen molar-refractivity contribution in [3.63, 3.8) is 0 Å². The molecule has 0 N–H and O–H groups in total. The van der Waals surface area contributed by atoms with Crippen LogP contribution in [0.5, 0.6) is 23.0 Å². The number of para-hydroxylation sites is 8. The Kier molecular flexibility index (Phi) is 8.96. The van der Waals surface area contributed by atoms with E-state index in [-0.39, 0.29) is 0 Å². The first-order valence-corrected chi connectivity index (χ1v) is 34.3. The van der Waals surface area contributed by atoms with E-state index in [4.69, 9.17) is 9.47 Å². The van der Waals surface area contributed by atoms with Crippen molar-refractivity contribution in [3.05, 3.63) is 291 Å². The molecule has 8 heterocycles. The van der Waals surface area contributed by atoms with Crippen LogP contribution in [0.2, 0.25) is 0 Å². The van der Waals surface area contributed by atoms with Gasteiger partial charge in [-0.3, -0.25) is 0 Å². The quantitative estimate of drug-likeness (QED) is 0.153. The summed E-state index contributed by atoms with van der Waals surface area (Å²) >= 11 is 0. The molecule has 10 heteroatoms. The van der Waals surface area contributed by atoms with Gasteiger partial charge in [0, 0.05) is 88.0 Å². The van der Waals surface area contributed by atoms with Gasteiger partial charge in [0.15, 0.2) is 39.1 Å². The molecule has 8 nitrogen and oxygen atoms in total. The molecule has 0 saturated carbocycles. The first kappa shape index (κ1) is 47.0. The second-order valence-corrected chi connectivity index (χ2v) is 31.0. The van der Waals surface area contributed by atoms with Crippen molar-refractivity contribution in [3.8, 4) is 23.0 Å². The van der Waals surface area contributed by atoms with E-state index in [1.807, 2.05) is 0 Å². The summed E-state index contributed by atoms with van der Waals surface area (Å²) in [5, 5.41) is 10.6. The Bertz CT molecular complexity index is 4870. The Balaban J connectivity index is 1.08. The summed E-state index contributed by atoms with van der Waals surface area (Å²) in [4.78, 5) is 15.9. The van der Waals surface area contributed by atoms with Crippen LogP contribution in [0, 0.1) is 0 Å². The lowest BCUT2D eigenvalue weighted by atomic mass is 9.99. The molecule has 0 spiro atoms. The highest BCUT2D eigenvalue weighted by molar-refractivity contribution is 7.27. The molecular weight excluding hydrogens is 1110 g/mol. The number of hydrogen-bond acceptors (Lipinski definition) is 8. The highest BCUT2D eigenvalue weighted by atomic mass is 28.3. The van der Waals surface area contributed by atoms with E-state index in [0.29, 0.717) is 0 Å². The second-order valence-electron chi connectivity index (χ2n) is 23.8. The fraction of sp³-hybridized carbons (Fsp3) is 0. The molecule has 0 fully saturated rings. The zero-order valence-corrected chi connectivity index (χ0v) is 49.2. The molecule has 0 radical (unpaired) electrons. The lowest BCUT2D eigenvalue weighted by molar-refractivity contribution is 0.477. The minimum atomic E-state index is -3.73. The normalized spacial score (nSPS) is 17.7. The Morgan fingerprint density at radius 1 is 0.182 bits per heavy atom. The molecule has 0 amide bonds. The number of fused-ring (bicyclic) bond motifs is 8. The first-order valence-electron chi connectivity index (χ1n) is 30.3. The monoisotopic (exact) mass is 1160 g/mol. The van der Waals surface area contributed by atoms with E-state index in [0.717, 1.165) is 79.9 Å². The van der Waals surface area contributed by atoms with Gasteiger partial charge in [-0.2, -0.15) is 0 Å². The number of rotatable bonds is 6. The number of benzene rings is 13. The van der Waals surface area contributed by atoms with E-state index in [1.165, 1.54) is 87.0 Å². The number of ether oxygens (including phenoxy) is 2. The molecule has 0 aliphatic carbocycles. The van der Waals surface area contributed by atoms with Gasteiger partial charge < -0.3 is 38.9 Å². The largest absolute Gasteiger partial charge is 0.453 e. The summed E-state index contributed by atoms with van der Waals surface area (Å²) in [6.45, 7) is 0. The van der Waals surface area contributed by atoms with Gasteiger partial charge in [-0.1, -0.05) is 170 Å². The zero-order chi connectivity index (χ0) is 57.1. The molecule has 88 heavy (non-hydrogen) atoms. The van der Waals surface area contributed by atoms with Gasteiger partial charge in [-0.15, -0.1) is 0 Å². The highest BCUT2D eigenvalue weighted by Gasteiger charge is 2.68. The molecule has 8 aliphatic rings. The fourth-order valence-electron chi connectivity index (χ4n) is 17.0. The van der Waals surface area contributed by atoms with Crippen LogP contribution in [0.1, 0.15) is 0 Å². The van der Waals surface area contributed by atoms with Crippen molar-refractivity contribution < 1.29 is 9.47 Å². The Morgan fingerprint density at radius 2 is 0.455 bits per heavy atom. The van der Waals surface area contributed by atoms with Crippen LogP contribution in [-0.2, 0) is 0 Å². The van der Waals surface area contributed by atoms with Crippen LogP contribution in [0.25, 0.3) is 0 Å². The summed E-state index contributed by atoms with van der Waals surface area (Å²) in [5.74, 6) is 3.36. The van der Waals surface area contributed by atoms with Crippen molar-refractivity contribution in [1.29, 1.82) is 0 Å². The van der Waals surface area contributed by atoms with Crippen LogP contribution in [-0.4, -0.2) is 16.1 Å². The van der Waals surface area contributed by atoms with E-state index in [9.17, 15) is 0 Å². The molecule has 8 aliphatic heterocycles. The van der Waals surface area contributed by atoms with Gasteiger partial charge in [-0.05, 0) is 132 Å². The maximum absolute atomic E-state index is 7.30. The molecule has 2 unspecified atom stereocenters. The molecule has 13 aromatic carbocycles. The summed E-state index contributed by atoms with van der Waals surface area (Å²) < 4.78 is 14.6. The van der Waals surface area contributed by atoms with E-state index < -0.39 is 16.1 Å². The third-order valence-corrected chi connectivity index (χ3v) is 29.7. The summed E-state index contributed by atoms with van der Waals surface area (Å²) in [5.41, 5.74) is 20.3. The Morgan fingerprint density at radius 3 is 0.795 bits per heavy atom. The molecule has 13 aromatic rings. The van der Waals surface area contributed by atoms with Gasteiger partial charge in [0.1, 0.15) is 0 Å². The van der Waals surface area contributed by atoms with Crippen molar-refractivity contribution in [1.82, 2.24) is 0 Å². The lowest BCUT2D eigenvalue weighted by Crippen LogP contribution is -2.84. The number of nitrogens with zero attached hydrogens (tertiary/aromatic N) is 6. The van der Waals surface area contributed by atoms with Crippen LogP contribution >= 0.6 is 0 Å². The standard InChI is InChI=1S/C78H48N6O2Si2/c1-7-25-49(26-8-1)79-57-39-23-41-59-73(57)87(53-33-15-5-16-34-53)75-62(46-48-65-67(75)83(59)55-37-19-21-43-63(55)85-65)82(52-31-13-4-14-32-52)72-70-78-71(69(79)77(72)87)81(51-29-11-3-12-30-51)61-45-47-66-68-76(61)88(78,54-35-17-6-18-36-54)74-58(80(70)50-27-9-2-10-28-50)40-24-42-60(74)84(68)56-38-20-22-44-64(56)86-66/h1-48H. The molecule has 0 saturated heterocycles. The highest BCUT2D eigenvalue weighted by Crippen LogP contribution is 2.66. The average molecular weight is 1160 g/mol. The van der Waals surface area contributed by atoms with Crippen LogP contribution in [0.15, 0.2) is 291 Å². The lowest BCUT2D eigenvalue weighted by Gasteiger charge is -2.61. The second kappa shape index (κ2) is 16.8. The van der Waals surface area contributed by atoms with Gasteiger partial charge in [-0.25, -0.2) is 0 Å². The van der Waals surface area contributed by atoms with Crippen LogP contribution in [0.3, 0.4) is 0 Å². The molecule has 0 aromatic heterocycles. The topological polar surface area (TPSA) is 37.9 Å². The molecule has 21 rings (SSSR count). The van der Waals surface area contributed by atoms with E-state index in [1.54, 1.807) is 0 Å². The Labute approximate surface area is 510 Å². The maximum Gasteiger partial charge on any atom is 0.194 e. The number of hydrogen-bond donors (Lipinski definition) is 0. The summed E-state index contributed by atoms with van der Waals surface area (Å²) in [6.07, 6.45) is 0. The van der Waals surface area contributed by atoms with E-state index in [2.05, 4.69) is 321 Å². The zero-order valence-electron chi connectivity index (χ0n) is 47.2. The summed E-state index contributed by atoms with van der Waals surface area (Å²) in [6, 6.07) is 109. The predicted molar refractivity (Wildman–Crippen MR) is 363 cm³/mol. The van der Waals surface area contributed by atoms with Crippen molar-refractivity contribution in [2.45, 2.75) is 0 Å².